The molecule has 0 aliphatic carbocycles. The van der Waals surface area contributed by atoms with Crippen LogP contribution in [0.5, 0.6) is 11.5 Å². The third-order valence-corrected chi connectivity index (χ3v) is 3.65. The first-order valence-corrected chi connectivity index (χ1v) is 7.22. The highest BCUT2D eigenvalue weighted by Crippen LogP contribution is 2.39. The lowest BCUT2D eigenvalue weighted by atomic mass is 10.0. The number of rotatable bonds is 5. The molecule has 120 valence electrons. The second-order valence-electron chi connectivity index (χ2n) is 4.96. The topological polar surface area (TPSA) is 111 Å². The van der Waals surface area contributed by atoms with E-state index in [9.17, 15) is 10.2 Å². The van der Waals surface area contributed by atoms with E-state index in [0.717, 1.165) is 0 Å². The number of hydrogen-bond donors (Lipinski definition) is 4. The van der Waals surface area contributed by atoms with Crippen LogP contribution in [0.15, 0.2) is 30.3 Å². The number of benzene rings is 2. The Bertz CT molecular complexity index is 837. The maximum Gasteiger partial charge on any atom is 0.127 e. The molecule has 0 spiro atoms. The fourth-order valence-electron chi connectivity index (χ4n) is 2.20. The fourth-order valence-corrected chi connectivity index (χ4v) is 2.46. The van der Waals surface area contributed by atoms with Gasteiger partial charge in [0.25, 0.3) is 0 Å². The van der Waals surface area contributed by atoms with Crippen molar-refractivity contribution in [2.45, 2.75) is 6.10 Å². The number of fused-ring (bicyclic) bond motifs is 1. The smallest absolute Gasteiger partial charge is 0.127 e. The molecule has 0 saturated carbocycles. The number of phenols is 1. The molecule has 0 aliphatic rings. The second-order valence-corrected chi connectivity index (χ2v) is 5.36. The van der Waals surface area contributed by atoms with E-state index in [-0.39, 0.29) is 12.4 Å². The largest absolute Gasteiger partial charge is 0.507 e. The third kappa shape index (κ3) is 3.07. The van der Waals surface area contributed by atoms with E-state index in [0.29, 0.717) is 32.9 Å². The Hall–Kier alpha value is -2.35. The molecule has 23 heavy (non-hydrogen) atoms. The number of ether oxygens (including phenoxy) is 1. The van der Waals surface area contributed by atoms with Crippen LogP contribution in [0.2, 0.25) is 5.02 Å². The lowest BCUT2D eigenvalue weighted by Gasteiger charge is -2.12. The average Bonchev–Trinajstić information content (AvgIpc) is 3.02. The van der Waals surface area contributed by atoms with Gasteiger partial charge in [0, 0.05) is 17.2 Å². The van der Waals surface area contributed by atoms with Crippen molar-refractivity contribution in [3.8, 4) is 22.6 Å². The Morgan fingerprint density at radius 3 is 2.83 bits per heavy atom. The molecule has 0 amide bonds. The zero-order valence-electron chi connectivity index (χ0n) is 11.9. The van der Waals surface area contributed by atoms with Crippen LogP contribution in [0.4, 0.5) is 0 Å². The lowest BCUT2D eigenvalue weighted by Crippen LogP contribution is -2.21. The second kappa shape index (κ2) is 6.41. The molecule has 3 aromatic rings. The number of phenolic OH excluding ortho intramolecular Hbond substituents is 1. The van der Waals surface area contributed by atoms with Gasteiger partial charge in [0.15, 0.2) is 0 Å². The van der Waals surface area contributed by atoms with Gasteiger partial charge >= 0.3 is 0 Å². The van der Waals surface area contributed by atoms with Crippen molar-refractivity contribution in [1.82, 2.24) is 15.4 Å². The van der Waals surface area contributed by atoms with Gasteiger partial charge in [-0.2, -0.15) is 0 Å². The van der Waals surface area contributed by atoms with E-state index in [1.807, 2.05) is 0 Å². The van der Waals surface area contributed by atoms with Crippen molar-refractivity contribution < 1.29 is 20.1 Å². The van der Waals surface area contributed by atoms with Crippen molar-refractivity contribution >= 4 is 22.6 Å². The van der Waals surface area contributed by atoms with Gasteiger partial charge in [-0.15, -0.1) is 5.10 Å². The van der Waals surface area contributed by atoms with Crippen LogP contribution in [-0.2, 0) is 0 Å². The lowest BCUT2D eigenvalue weighted by molar-refractivity contribution is 0.0535. The molecular formula is C15H14ClN3O4. The quantitative estimate of drug-likeness (QED) is 0.565. The molecule has 2 aromatic carbocycles. The molecule has 8 heteroatoms. The molecule has 0 fully saturated rings. The van der Waals surface area contributed by atoms with Crippen LogP contribution >= 0.6 is 11.6 Å². The van der Waals surface area contributed by atoms with E-state index < -0.39 is 12.7 Å². The maximum atomic E-state index is 10.3. The highest BCUT2D eigenvalue weighted by atomic mass is 35.5. The first-order chi connectivity index (χ1) is 11.1. The van der Waals surface area contributed by atoms with Crippen molar-refractivity contribution in [2.75, 3.05) is 13.2 Å². The Morgan fingerprint density at radius 2 is 2.09 bits per heavy atom. The molecule has 1 aromatic heterocycles. The van der Waals surface area contributed by atoms with Gasteiger partial charge in [0.05, 0.1) is 17.1 Å². The van der Waals surface area contributed by atoms with Gasteiger partial charge in [0.2, 0.25) is 0 Å². The average molecular weight is 336 g/mol. The van der Waals surface area contributed by atoms with Gasteiger partial charge in [-0.05, 0) is 24.3 Å². The number of H-pyrrole nitrogens is 1. The summed E-state index contributed by atoms with van der Waals surface area (Å²) in [5.74, 6) is 0.320. The number of aliphatic hydroxyl groups excluding tert-OH is 2. The first kappa shape index (κ1) is 15.5. The van der Waals surface area contributed by atoms with Crippen LogP contribution in [0.3, 0.4) is 0 Å². The molecular weight excluding hydrogens is 322 g/mol. The Kier molecular flexibility index (Phi) is 4.33. The summed E-state index contributed by atoms with van der Waals surface area (Å²) in [6.07, 6.45) is -0.977. The fraction of sp³-hybridized carbons (Fsp3) is 0.200. The highest BCUT2D eigenvalue weighted by Gasteiger charge is 2.16. The number of aliphatic hydroxyl groups is 2. The molecule has 1 heterocycles. The molecule has 1 atom stereocenters. The number of halogens is 1. The van der Waals surface area contributed by atoms with Crippen molar-refractivity contribution in [2.24, 2.45) is 0 Å². The molecule has 0 bridgehead atoms. The highest BCUT2D eigenvalue weighted by molar-refractivity contribution is 6.35. The molecule has 7 nitrogen and oxygen atoms in total. The molecule has 3 rings (SSSR count). The standard InChI is InChI=1S/C15H14ClN3O4/c16-11-3-4-12-15(18-19-17-12)14(11)10-2-1-9(5-13(10)22)23-7-8(21)6-20/h1-5,8,20-22H,6-7H2,(H,17,18,19). The van der Waals surface area contributed by atoms with Crippen LogP contribution in [-0.4, -0.2) is 50.0 Å². The van der Waals surface area contributed by atoms with Crippen LogP contribution < -0.4 is 4.74 Å². The number of aromatic hydroxyl groups is 1. The summed E-state index contributed by atoms with van der Waals surface area (Å²) >= 11 is 6.24. The van der Waals surface area contributed by atoms with E-state index in [1.165, 1.54) is 6.07 Å². The third-order valence-electron chi connectivity index (χ3n) is 3.34. The SMILES string of the molecule is OCC(O)COc1ccc(-c2c(Cl)ccc3[nH]nnc23)c(O)c1. The zero-order valence-corrected chi connectivity index (χ0v) is 12.7. The van der Waals surface area contributed by atoms with Gasteiger partial charge in [-0.1, -0.05) is 16.8 Å². The van der Waals surface area contributed by atoms with Gasteiger partial charge in [0.1, 0.15) is 29.7 Å². The summed E-state index contributed by atoms with van der Waals surface area (Å²) < 4.78 is 5.30. The Balaban J connectivity index is 1.97. The number of hydrogen-bond acceptors (Lipinski definition) is 6. The summed E-state index contributed by atoms with van der Waals surface area (Å²) in [6, 6.07) is 8.14. The van der Waals surface area contributed by atoms with Crippen molar-refractivity contribution in [3.63, 3.8) is 0 Å². The van der Waals surface area contributed by atoms with Crippen LogP contribution in [0.25, 0.3) is 22.2 Å². The predicted molar refractivity (Wildman–Crippen MR) is 84.6 cm³/mol. The van der Waals surface area contributed by atoms with Crippen LogP contribution in [0, 0.1) is 0 Å². The molecule has 0 saturated heterocycles. The monoisotopic (exact) mass is 335 g/mol. The zero-order chi connectivity index (χ0) is 16.4. The van der Waals surface area contributed by atoms with Gasteiger partial charge in [-0.25, -0.2) is 0 Å². The normalized spacial score (nSPS) is 12.5. The summed E-state index contributed by atoms with van der Waals surface area (Å²) in [7, 11) is 0. The molecule has 1 unspecified atom stereocenters. The van der Waals surface area contributed by atoms with Crippen LogP contribution in [0.1, 0.15) is 0 Å². The van der Waals surface area contributed by atoms with Crippen molar-refractivity contribution in [3.05, 3.63) is 35.4 Å². The summed E-state index contributed by atoms with van der Waals surface area (Å²) in [5, 5.41) is 39.2. The minimum Gasteiger partial charge on any atom is -0.507 e. The minimum atomic E-state index is -0.977. The number of aromatic amines is 1. The molecule has 0 aliphatic heterocycles. The van der Waals surface area contributed by atoms with Crippen molar-refractivity contribution in [1.29, 1.82) is 0 Å². The summed E-state index contributed by atoms with van der Waals surface area (Å²) in [4.78, 5) is 0. The first-order valence-electron chi connectivity index (χ1n) is 6.84. The maximum absolute atomic E-state index is 10.3. The van der Waals surface area contributed by atoms with Gasteiger partial charge in [-0.3, -0.25) is 5.10 Å². The minimum absolute atomic E-state index is 0.0432. The van der Waals surface area contributed by atoms with Gasteiger partial charge < -0.3 is 20.1 Å². The molecule has 4 N–H and O–H groups in total. The van der Waals surface area contributed by atoms with E-state index in [2.05, 4.69) is 15.4 Å². The summed E-state index contributed by atoms with van der Waals surface area (Å²) in [6.45, 7) is -0.470. The number of nitrogens with zero attached hydrogens (tertiary/aromatic N) is 2. The Labute approximate surface area is 136 Å². The predicted octanol–water partition coefficient (Wildman–Crippen LogP) is 1.72. The number of nitrogens with one attached hydrogen (secondary N) is 1. The summed E-state index contributed by atoms with van der Waals surface area (Å²) in [5.41, 5.74) is 2.31. The van der Waals surface area contributed by atoms with E-state index in [4.69, 9.17) is 21.4 Å². The van der Waals surface area contributed by atoms with E-state index in [1.54, 1.807) is 24.3 Å². The van der Waals surface area contributed by atoms with E-state index >= 15 is 0 Å². The Morgan fingerprint density at radius 1 is 1.26 bits per heavy atom. The molecule has 0 radical (unpaired) electrons. The number of aromatic nitrogens is 3.